The lowest BCUT2D eigenvalue weighted by atomic mass is 10.1. The number of hydrogen-bond acceptors (Lipinski definition) is 1. The van der Waals surface area contributed by atoms with Gasteiger partial charge in [-0.3, -0.25) is 5.11 Å². The van der Waals surface area contributed by atoms with E-state index in [1.165, 1.54) is 0 Å². The summed E-state index contributed by atoms with van der Waals surface area (Å²) in [5.41, 5.74) is 0. The highest BCUT2D eigenvalue weighted by Crippen LogP contribution is 1.95. The van der Waals surface area contributed by atoms with Crippen LogP contribution >= 0.6 is 12.2 Å². The molecular weight excluding hydrogens is 134 g/mol. The molecule has 0 unspecified atom stereocenters. The molecule has 0 aliphatic carbocycles. The van der Waals surface area contributed by atoms with Crippen molar-refractivity contribution in [2.45, 2.75) is 20.3 Å². The van der Waals surface area contributed by atoms with Gasteiger partial charge in [-0.1, -0.05) is 13.8 Å². The smallest absolute Gasteiger partial charge is 0.310 e. The maximum absolute atomic E-state index is 10.1. The minimum absolute atomic E-state index is 0.351. The van der Waals surface area contributed by atoms with E-state index in [-0.39, 0.29) is 5.17 Å². The third kappa shape index (κ3) is 7.69. The molecule has 2 nitrogen and oxygen atoms in total. The molecule has 0 fully saturated rings. The molecule has 0 bridgehead atoms. The first-order valence-corrected chi connectivity index (χ1v) is 3.48. The second-order valence-electron chi connectivity index (χ2n) is 2.40. The molecule has 0 spiro atoms. The topological polar surface area (TPSA) is 31.9 Å². The molecule has 0 aromatic carbocycles. The lowest BCUT2D eigenvalue weighted by molar-refractivity contribution is 0.410. The molecule has 9 heavy (non-hydrogen) atoms. The Labute approximate surface area is 61.3 Å². The molecule has 0 saturated heterocycles. The van der Waals surface area contributed by atoms with Gasteiger partial charge in [0.05, 0.1) is 0 Å². The summed E-state index contributed by atoms with van der Waals surface area (Å²) in [6, 6.07) is 0. The third-order valence-electron chi connectivity index (χ3n) is 0.991. The fraction of sp³-hybridized carbons (Fsp3) is 0.833. The summed E-state index contributed by atoms with van der Waals surface area (Å²) in [5, 5.41) is 12.3. The molecule has 0 amide bonds. The van der Waals surface area contributed by atoms with Crippen molar-refractivity contribution in [1.82, 2.24) is 5.32 Å². The van der Waals surface area contributed by atoms with Crippen LogP contribution in [0.3, 0.4) is 0 Å². The number of rotatable bonds is 3. The van der Waals surface area contributed by atoms with Gasteiger partial charge in [0.1, 0.15) is 0 Å². The Balaban J connectivity index is 3.01. The highest BCUT2D eigenvalue weighted by Gasteiger charge is 1.94. The van der Waals surface area contributed by atoms with Gasteiger partial charge < -0.3 is 5.32 Å². The van der Waals surface area contributed by atoms with Gasteiger partial charge in [0.25, 0.3) is 0 Å². The zero-order valence-corrected chi connectivity index (χ0v) is 6.62. The third-order valence-corrected chi connectivity index (χ3v) is 1.14. The van der Waals surface area contributed by atoms with Crippen LogP contribution in [0.4, 0.5) is 0 Å². The Kier molecular flexibility index (Phi) is 4.40. The monoisotopic (exact) mass is 146 g/mol. The number of nitrogens with one attached hydrogen (secondary N) is 1. The molecule has 1 radical (unpaired) electrons. The van der Waals surface area contributed by atoms with E-state index in [0.29, 0.717) is 12.5 Å². The Bertz CT molecular complexity index is 93.1. The summed E-state index contributed by atoms with van der Waals surface area (Å²) in [6.07, 6.45) is 1.00. The van der Waals surface area contributed by atoms with E-state index in [9.17, 15) is 5.11 Å². The zero-order valence-electron chi connectivity index (χ0n) is 5.81. The van der Waals surface area contributed by atoms with Gasteiger partial charge in [0, 0.05) is 6.54 Å². The van der Waals surface area contributed by atoms with Crippen LogP contribution in [0.25, 0.3) is 0 Å². The second-order valence-corrected chi connectivity index (χ2v) is 2.77. The van der Waals surface area contributed by atoms with Crippen LogP contribution in [0.5, 0.6) is 0 Å². The van der Waals surface area contributed by atoms with Crippen molar-refractivity contribution in [3.8, 4) is 0 Å². The summed E-state index contributed by atoms with van der Waals surface area (Å²) >= 11 is 4.28. The SMILES string of the molecule is CC(C)CCNC([O])=S. The van der Waals surface area contributed by atoms with Crippen LogP contribution in [0.15, 0.2) is 0 Å². The summed E-state index contributed by atoms with van der Waals surface area (Å²) in [5.74, 6) is 0.631. The lowest BCUT2D eigenvalue weighted by Gasteiger charge is -2.02. The second kappa shape index (κ2) is 4.56. The summed E-state index contributed by atoms with van der Waals surface area (Å²) in [6.45, 7) is 4.92. The molecule has 0 aliphatic rings. The molecule has 1 N–H and O–H groups in total. The van der Waals surface area contributed by atoms with Gasteiger partial charge in [-0.15, -0.1) is 0 Å². The molecule has 0 aromatic heterocycles. The number of hydrogen-bond donors (Lipinski definition) is 1. The van der Waals surface area contributed by atoms with Crippen LogP contribution in [0, 0.1) is 5.92 Å². The lowest BCUT2D eigenvalue weighted by Crippen LogP contribution is -2.21. The van der Waals surface area contributed by atoms with E-state index < -0.39 is 0 Å². The minimum atomic E-state index is -0.351. The first kappa shape index (κ1) is 8.69. The van der Waals surface area contributed by atoms with Crippen LogP contribution in [-0.2, 0) is 5.11 Å². The Morgan fingerprint density at radius 2 is 2.22 bits per heavy atom. The van der Waals surface area contributed by atoms with Crippen molar-refractivity contribution in [2.24, 2.45) is 5.92 Å². The van der Waals surface area contributed by atoms with Gasteiger partial charge in [0.2, 0.25) is 0 Å². The molecule has 0 aliphatic heterocycles. The molecule has 53 valence electrons. The quantitative estimate of drug-likeness (QED) is 0.609. The zero-order chi connectivity index (χ0) is 7.28. The van der Waals surface area contributed by atoms with Gasteiger partial charge >= 0.3 is 5.17 Å². The average Bonchev–Trinajstić information content (AvgIpc) is 1.63. The van der Waals surface area contributed by atoms with E-state index in [4.69, 9.17) is 0 Å². The van der Waals surface area contributed by atoms with Gasteiger partial charge in [-0.2, -0.15) is 0 Å². The highest BCUT2D eigenvalue weighted by molar-refractivity contribution is 7.79. The Morgan fingerprint density at radius 1 is 1.67 bits per heavy atom. The molecule has 0 saturated carbocycles. The highest BCUT2D eigenvalue weighted by atomic mass is 32.1. The van der Waals surface area contributed by atoms with Gasteiger partial charge in [0.15, 0.2) is 0 Å². The summed E-state index contributed by atoms with van der Waals surface area (Å²) in [7, 11) is 0. The molecule has 0 atom stereocenters. The molecule has 0 heterocycles. The van der Waals surface area contributed by atoms with Crippen LogP contribution in [0.2, 0.25) is 0 Å². The van der Waals surface area contributed by atoms with Gasteiger partial charge in [-0.05, 0) is 24.6 Å². The van der Waals surface area contributed by atoms with Crippen molar-refractivity contribution in [1.29, 1.82) is 0 Å². The maximum atomic E-state index is 10.1. The van der Waals surface area contributed by atoms with Crippen LogP contribution in [-0.4, -0.2) is 11.7 Å². The van der Waals surface area contributed by atoms with Gasteiger partial charge in [-0.25, -0.2) is 0 Å². The predicted molar refractivity (Wildman–Crippen MR) is 40.7 cm³/mol. The summed E-state index contributed by atoms with van der Waals surface area (Å²) < 4.78 is 0. The molecule has 3 heteroatoms. The first-order chi connectivity index (χ1) is 4.13. The normalized spacial score (nSPS) is 9.67. The van der Waals surface area contributed by atoms with Crippen molar-refractivity contribution >= 4 is 17.4 Å². The largest absolute Gasteiger partial charge is 0.343 e. The van der Waals surface area contributed by atoms with Crippen molar-refractivity contribution in [3.63, 3.8) is 0 Å². The Morgan fingerprint density at radius 3 is 2.56 bits per heavy atom. The van der Waals surface area contributed by atoms with Crippen molar-refractivity contribution in [3.05, 3.63) is 0 Å². The first-order valence-electron chi connectivity index (χ1n) is 3.07. The van der Waals surface area contributed by atoms with E-state index in [1.807, 2.05) is 0 Å². The predicted octanol–water partition coefficient (Wildman–Crippen LogP) is 1.34. The van der Waals surface area contributed by atoms with Crippen LogP contribution in [0.1, 0.15) is 20.3 Å². The average molecular weight is 146 g/mol. The summed E-state index contributed by atoms with van der Waals surface area (Å²) in [4.78, 5) is 0. The van der Waals surface area contributed by atoms with Crippen molar-refractivity contribution < 1.29 is 5.11 Å². The fourth-order valence-corrected chi connectivity index (χ4v) is 0.565. The van der Waals surface area contributed by atoms with E-state index in [0.717, 1.165) is 6.42 Å². The van der Waals surface area contributed by atoms with Crippen LogP contribution < -0.4 is 5.32 Å². The van der Waals surface area contributed by atoms with E-state index in [2.05, 4.69) is 31.4 Å². The molecular formula is C6H12NOS. The molecule has 0 rings (SSSR count). The minimum Gasteiger partial charge on any atom is -0.343 e. The maximum Gasteiger partial charge on any atom is 0.310 e. The molecule has 0 aromatic rings. The van der Waals surface area contributed by atoms with Crippen molar-refractivity contribution in [2.75, 3.05) is 6.54 Å². The fourth-order valence-electron chi connectivity index (χ4n) is 0.463. The van der Waals surface area contributed by atoms with E-state index >= 15 is 0 Å². The Hall–Kier alpha value is -0.310. The number of thiocarbonyl (C=S) groups is 1. The standard InChI is InChI=1S/C6H12NOS/c1-5(2)3-4-7-6(8)9/h5H,3-4H2,1-2H3,(H,7,9). The van der Waals surface area contributed by atoms with E-state index in [1.54, 1.807) is 0 Å².